The molecule has 0 radical (unpaired) electrons. The third-order valence-electron chi connectivity index (χ3n) is 8.93. The number of Topliss-reactive ketones (excluding diaryl/α,β-unsaturated/α-hetero) is 1. The molecule has 1 atom stereocenters. The minimum Gasteiger partial charge on any atom is -0.492 e. The van der Waals surface area contributed by atoms with Crippen LogP contribution in [0.2, 0.25) is 0 Å². The maximum absolute atomic E-state index is 12.9. The number of hydrogen-bond donors (Lipinski definition) is 3. The molecule has 2 amide bonds. The van der Waals surface area contributed by atoms with E-state index in [1.165, 1.54) is 0 Å². The zero-order valence-corrected chi connectivity index (χ0v) is 29.3. The quantitative estimate of drug-likeness (QED) is 0.241. The summed E-state index contributed by atoms with van der Waals surface area (Å²) in [7, 11) is 0. The molecule has 47 heavy (non-hydrogen) atoms. The molecule has 0 bridgehead atoms. The molecule has 4 rings (SSSR count). The molecule has 2 fully saturated rings. The minimum atomic E-state index is -0.730. The van der Waals surface area contributed by atoms with Crippen LogP contribution in [-0.4, -0.2) is 89.8 Å². The molecule has 2 aromatic carbocycles. The van der Waals surface area contributed by atoms with Gasteiger partial charge >= 0.3 is 0 Å². The van der Waals surface area contributed by atoms with E-state index in [0.717, 1.165) is 67.5 Å². The number of thiocarbonyl (C=S) groups is 1. The van der Waals surface area contributed by atoms with Gasteiger partial charge in [0.1, 0.15) is 12.4 Å². The third-order valence-corrected chi connectivity index (χ3v) is 9.11. The molecular formula is C36H50N6O4S. The zero-order chi connectivity index (χ0) is 34.1. The lowest BCUT2D eigenvalue weighted by Gasteiger charge is -2.38. The van der Waals surface area contributed by atoms with Crippen LogP contribution in [0.25, 0.3) is 0 Å². The number of nitrogens with one attached hydrogen (secondary N) is 3. The topological polar surface area (TPSA) is 106 Å². The fourth-order valence-electron chi connectivity index (χ4n) is 6.26. The molecule has 2 aliphatic rings. The average Bonchev–Trinajstić information content (AvgIpc) is 3.03. The molecule has 0 aromatic heterocycles. The van der Waals surface area contributed by atoms with Crippen molar-refractivity contribution in [1.82, 2.24) is 15.1 Å². The lowest BCUT2D eigenvalue weighted by atomic mass is 9.93. The van der Waals surface area contributed by atoms with Crippen molar-refractivity contribution in [1.29, 1.82) is 0 Å². The largest absolute Gasteiger partial charge is 0.492 e. The first-order valence-corrected chi connectivity index (χ1v) is 17.0. The number of rotatable bonds is 14. The van der Waals surface area contributed by atoms with Gasteiger partial charge in [-0.15, -0.1) is 0 Å². The summed E-state index contributed by atoms with van der Waals surface area (Å²) in [5, 5.41) is 9.21. The van der Waals surface area contributed by atoms with Gasteiger partial charge in [0.2, 0.25) is 11.8 Å². The van der Waals surface area contributed by atoms with E-state index in [4.69, 9.17) is 17.0 Å². The summed E-state index contributed by atoms with van der Waals surface area (Å²) in [6.45, 7) is 18.7. The van der Waals surface area contributed by atoms with Crippen LogP contribution in [0.15, 0.2) is 54.7 Å². The summed E-state index contributed by atoms with van der Waals surface area (Å²) >= 11 is 5.56. The van der Waals surface area contributed by atoms with Crippen LogP contribution < -0.4 is 25.6 Å². The Bertz CT molecular complexity index is 1470. The van der Waals surface area contributed by atoms with Crippen molar-refractivity contribution in [3.63, 3.8) is 0 Å². The summed E-state index contributed by atoms with van der Waals surface area (Å²) < 4.78 is 6.24. The van der Waals surface area contributed by atoms with Crippen LogP contribution in [0, 0.1) is 0 Å². The molecule has 0 saturated carbocycles. The second-order valence-corrected chi connectivity index (χ2v) is 13.3. The first-order chi connectivity index (χ1) is 22.4. The van der Waals surface area contributed by atoms with E-state index in [2.05, 4.69) is 45.3 Å². The highest BCUT2D eigenvalue weighted by molar-refractivity contribution is 7.80. The minimum absolute atomic E-state index is 0.00658. The number of benzene rings is 2. The number of carbonyl (C=O) groups excluding carboxylic acids is 3. The Morgan fingerprint density at radius 1 is 1.09 bits per heavy atom. The predicted molar refractivity (Wildman–Crippen MR) is 193 cm³/mol. The highest BCUT2D eigenvalue weighted by Gasteiger charge is 2.35. The van der Waals surface area contributed by atoms with Gasteiger partial charge in [0.25, 0.3) is 0 Å². The van der Waals surface area contributed by atoms with E-state index in [0.29, 0.717) is 43.1 Å². The Morgan fingerprint density at radius 3 is 2.45 bits per heavy atom. The van der Waals surface area contributed by atoms with Crippen molar-refractivity contribution in [2.75, 3.05) is 61.4 Å². The summed E-state index contributed by atoms with van der Waals surface area (Å²) in [6, 6.07) is 13.6. The summed E-state index contributed by atoms with van der Waals surface area (Å²) in [5.74, 6) is 0.934. The van der Waals surface area contributed by atoms with Gasteiger partial charge in [-0.2, -0.15) is 0 Å². The lowest BCUT2D eigenvalue weighted by Crippen LogP contribution is -2.52. The lowest BCUT2D eigenvalue weighted by molar-refractivity contribution is -0.123. The standard InChI is InChI=1S/C36H50N6O4S/c1-7-27-22-30(42(26(4)47)36(5,6)33(43)8-2)12-14-32(27)46-21-20-40-16-18-41(19-17-40)24-35(45)39-29-11-9-10-28(23-29)38-31-13-15-34(44)37-25(31)3/h9-12,14,22-23,31,38H,3,7-8,13,15-21,24H2,1-2,4-6H3,(H,37,44)(H,39,45). The van der Waals surface area contributed by atoms with Crippen LogP contribution in [0.1, 0.15) is 59.4 Å². The van der Waals surface area contributed by atoms with E-state index in [1.54, 1.807) is 0 Å². The van der Waals surface area contributed by atoms with Gasteiger partial charge < -0.3 is 25.6 Å². The normalized spacial score (nSPS) is 17.5. The van der Waals surface area contributed by atoms with Crippen LogP contribution >= 0.6 is 12.2 Å². The number of piperazine rings is 1. The molecule has 11 heteroatoms. The van der Waals surface area contributed by atoms with E-state index in [1.807, 2.05) is 69.0 Å². The van der Waals surface area contributed by atoms with Crippen molar-refractivity contribution in [3.05, 3.63) is 60.3 Å². The molecule has 254 valence electrons. The summed E-state index contributed by atoms with van der Waals surface area (Å²) in [4.78, 5) is 44.3. The fraction of sp³-hybridized carbons (Fsp3) is 0.500. The summed E-state index contributed by atoms with van der Waals surface area (Å²) in [6.07, 6.45) is 2.39. The molecule has 1 unspecified atom stereocenters. The monoisotopic (exact) mass is 662 g/mol. The molecule has 0 aliphatic carbocycles. The van der Waals surface area contributed by atoms with E-state index in [9.17, 15) is 14.4 Å². The first kappa shape index (κ1) is 36.0. The second-order valence-electron chi connectivity index (χ2n) is 12.7. The van der Waals surface area contributed by atoms with Crippen molar-refractivity contribution in [3.8, 4) is 5.75 Å². The Kier molecular flexibility index (Phi) is 12.5. The van der Waals surface area contributed by atoms with Crippen LogP contribution in [-0.2, 0) is 20.8 Å². The van der Waals surface area contributed by atoms with Gasteiger partial charge in [-0.3, -0.25) is 24.2 Å². The summed E-state index contributed by atoms with van der Waals surface area (Å²) in [5.41, 5.74) is 3.50. The molecule has 3 N–H and O–H groups in total. The molecule has 2 saturated heterocycles. The number of aryl methyl sites for hydroxylation is 1. The third kappa shape index (κ3) is 9.62. The van der Waals surface area contributed by atoms with Gasteiger partial charge in [-0.1, -0.05) is 38.7 Å². The molecule has 2 heterocycles. The number of ether oxygens (including phenoxy) is 1. The number of nitrogens with zero attached hydrogens (tertiary/aromatic N) is 3. The smallest absolute Gasteiger partial charge is 0.238 e. The molecule has 0 spiro atoms. The van der Waals surface area contributed by atoms with Gasteiger partial charge in [-0.05, 0) is 75.6 Å². The Hall–Kier alpha value is -3.80. The van der Waals surface area contributed by atoms with Gasteiger partial charge in [0.15, 0.2) is 5.78 Å². The van der Waals surface area contributed by atoms with Gasteiger partial charge in [0, 0.05) is 68.3 Å². The van der Waals surface area contributed by atoms with Crippen LogP contribution in [0.3, 0.4) is 0 Å². The van der Waals surface area contributed by atoms with E-state index in [-0.39, 0.29) is 23.6 Å². The maximum atomic E-state index is 12.9. The van der Waals surface area contributed by atoms with Gasteiger partial charge in [0.05, 0.1) is 23.1 Å². The molecule has 2 aliphatic heterocycles. The number of ketones is 1. The van der Waals surface area contributed by atoms with Crippen LogP contribution in [0.5, 0.6) is 5.75 Å². The Morgan fingerprint density at radius 2 is 1.79 bits per heavy atom. The second kappa shape index (κ2) is 16.3. The Balaban J connectivity index is 1.22. The first-order valence-electron chi connectivity index (χ1n) is 16.6. The number of carbonyl (C=O) groups is 3. The molecule has 10 nitrogen and oxygen atoms in total. The SMILES string of the molecule is C=C1NC(=O)CCC1Nc1cccc(NC(=O)CN2CCN(CCOc3ccc(N(C(C)=S)C(C)(C)C(=O)CC)cc3CC)CC2)c1. The number of anilines is 3. The van der Waals surface area contributed by atoms with Crippen molar-refractivity contribution >= 4 is 51.9 Å². The molecular weight excluding hydrogens is 613 g/mol. The van der Waals surface area contributed by atoms with Crippen LogP contribution in [0.4, 0.5) is 17.1 Å². The fourth-order valence-corrected chi connectivity index (χ4v) is 6.60. The van der Waals surface area contributed by atoms with Crippen molar-refractivity contribution in [2.24, 2.45) is 0 Å². The highest BCUT2D eigenvalue weighted by Crippen LogP contribution is 2.31. The Labute approximate surface area is 284 Å². The number of hydrogen-bond acceptors (Lipinski definition) is 8. The number of amides is 2. The predicted octanol–water partition coefficient (Wildman–Crippen LogP) is 5.00. The molecule has 2 aromatic rings. The highest BCUT2D eigenvalue weighted by atomic mass is 32.1. The maximum Gasteiger partial charge on any atom is 0.238 e. The number of piperidine rings is 1. The van der Waals surface area contributed by atoms with E-state index >= 15 is 0 Å². The van der Waals surface area contributed by atoms with Crippen molar-refractivity contribution in [2.45, 2.75) is 71.9 Å². The van der Waals surface area contributed by atoms with Gasteiger partial charge in [-0.25, -0.2) is 0 Å². The average molecular weight is 663 g/mol. The van der Waals surface area contributed by atoms with Crippen molar-refractivity contribution < 1.29 is 19.1 Å². The zero-order valence-electron chi connectivity index (χ0n) is 28.5. The van der Waals surface area contributed by atoms with E-state index < -0.39 is 5.54 Å².